The van der Waals surface area contributed by atoms with Crippen molar-refractivity contribution in [1.82, 2.24) is 0 Å². The van der Waals surface area contributed by atoms with Gasteiger partial charge in [0.2, 0.25) is 0 Å². The SMILES string of the molecule is CC(C)OC(=O)[C@]1(C#N)[C@H](C)CC=C(C=O)[C@H]1C. The highest BCUT2D eigenvalue weighted by atomic mass is 16.5. The fourth-order valence-corrected chi connectivity index (χ4v) is 2.46. The zero-order valence-corrected chi connectivity index (χ0v) is 11.3. The van der Waals surface area contributed by atoms with E-state index in [1.54, 1.807) is 26.8 Å². The van der Waals surface area contributed by atoms with Crippen LogP contribution in [0.25, 0.3) is 0 Å². The first-order valence-corrected chi connectivity index (χ1v) is 6.17. The Balaban J connectivity index is 3.20. The van der Waals surface area contributed by atoms with Gasteiger partial charge in [0, 0.05) is 5.92 Å². The van der Waals surface area contributed by atoms with Crippen molar-refractivity contribution in [3.63, 3.8) is 0 Å². The highest BCUT2D eigenvalue weighted by molar-refractivity contribution is 5.85. The molecule has 0 saturated carbocycles. The number of rotatable bonds is 3. The smallest absolute Gasteiger partial charge is 0.327 e. The molecule has 18 heavy (non-hydrogen) atoms. The lowest BCUT2D eigenvalue weighted by Crippen LogP contribution is -2.46. The maximum absolute atomic E-state index is 12.3. The van der Waals surface area contributed by atoms with Gasteiger partial charge in [0.1, 0.15) is 6.29 Å². The van der Waals surface area contributed by atoms with Crippen LogP contribution in [0, 0.1) is 28.6 Å². The van der Waals surface area contributed by atoms with Gasteiger partial charge < -0.3 is 4.74 Å². The highest BCUT2D eigenvalue weighted by Crippen LogP contribution is 2.45. The van der Waals surface area contributed by atoms with Gasteiger partial charge in [-0.3, -0.25) is 9.59 Å². The van der Waals surface area contributed by atoms with Gasteiger partial charge in [-0.25, -0.2) is 0 Å². The molecule has 0 unspecified atom stereocenters. The molecule has 0 heterocycles. The third-order valence-electron chi connectivity index (χ3n) is 3.67. The molecule has 1 aliphatic rings. The average Bonchev–Trinajstić information content (AvgIpc) is 2.29. The van der Waals surface area contributed by atoms with Crippen molar-refractivity contribution in [2.75, 3.05) is 0 Å². The molecule has 0 fully saturated rings. The van der Waals surface area contributed by atoms with Crippen molar-refractivity contribution in [1.29, 1.82) is 5.26 Å². The van der Waals surface area contributed by atoms with Gasteiger partial charge in [-0.15, -0.1) is 0 Å². The summed E-state index contributed by atoms with van der Waals surface area (Å²) in [5, 5.41) is 9.48. The summed E-state index contributed by atoms with van der Waals surface area (Å²) in [6.45, 7) is 7.08. The number of esters is 1. The Bertz CT molecular complexity index is 419. The van der Waals surface area contributed by atoms with Crippen LogP contribution in [0.3, 0.4) is 0 Å². The molecule has 0 bridgehead atoms. The summed E-state index contributed by atoms with van der Waals surface area (Å²) in [4.78, 5) is 23.3. The normalized spacial score (nSPS) is 31.4. The number of hydrogen-bond donors (Lipinski definition) is 0. The predicted molar refractivity (Wildman–Crippen MR) is 66.4 cm³/mol. The number of aldehydes is 1. The van der Waals surface area contributed by atoms with Crippen molar-refractivity contribution in [2.24, 2.45) is 17.3 Å². The zero-order chi connectivity index (χ0) is 13.9. The Morgan fingerprint density at radius 1 is 1.61 bits per heavy atom. The van der Waals surface area contributed by atoms with Crippen molar-refractivity contribution in [2.45, 2.75) is 40.2 Å². The van der Waals surface area contributed by atoms with E-state index in [4.69, 9.17) is 4.74 Å². The van der Waals surface area contributed by atoms with Gasteiger partial charge in [0.15, 0.2) is 5.41 Å². The van der Waals surface area contributed by atoms with Crippen LogP contribution in [-0.2, 0) is 14.3 Å². The van der Waals surface area contributed by atoms with Gasteiger partial charge in [-0.2, -0.15) is 5.26 Å². The van der Waals surface area contributed by atoms with Gasteiger partial charge >= 0.3 is 5.97 Å². The first kappa shape index (κ1) is 14.4. The van der Waals surface area contributed by atoms with E-state index < -0.39 is 17.3 Å². The Labute approximate surface area is 108 Å². The van der Waals surface area contributed by atoms with E-state index in [1.165, 1.54) is 0 Å². The number of carbonyl (C=O) groups is 2. The minimum Gasteiger partial charge on any atom is -0.462 e. The topological polar surface area (TPSA) is 67.2 Å². The maximum Gasteiger partial charge on any atom is 0.327 e. The fourth-order valence-electron chi connectivity index (χ4n) is 2.46. The standard InChI is InChI=1S/C14H19NO3/c1-9(2)18-13(17)14(8-15)10(3)5-6-12(7-16)11(14)4/h6-7,9-11H,5H2,1-4H3/t10-,11-,14-/m1/s1. The molecule has 0 radical (unpaired) electrons. The molecule has 3 atom stereocenters. The molecule has 0 amide bonds. The molecule has 1 aliphatic carbocycles. The van der Waals surface area contributed by atoms with Gasteiger partial charge in [-0.05, 0) is 31.8 Å². The molecule has 4 nitrogen and oxygen atoms in total. The number of allylic oxidation sites excluding steroid dienone is 2. The third-order valence-corrected chi connectivity index (χ3v) is 3.67. The molecule has 1 rings (SSSR count). The molecule has 0 aromatic rings. The fraction of sp³-hybridized carbons (Fsp3) is 0.643. The van der Waals surface area contributed by atoms with Gasteiger partial charge in [0.25, 0.3) is 0 Å². The second-order valence-corrected chi connectivity index (χ2v) is 5.12. The van der Waals surface area contributed by atoms with Crippen LogP contribution in [0.1, 0.15) is 34.1 Å². The quantitative estimate of drug-likeness (QED) is 0.568. The Morgan fingerprint density at radius 2 is 2.22 bits per heavy atom. The van der Waals surface area contributed by atoms with Gasteiger partial charge in [-0.1, -0.05) is 19.9 Å². The van der Waals surface area contributed by atoms with E-state index in [9.17, 15) is 14.9 Å². The Hall–Kier alpha value is -1.63. The Kier molecular flexibility index (Phi) is 4.28. The molecule has 0 spiro atoms. The van der Waals surface area contributed by atoms with Crippen LogP contribution in [0.2, 0.25) is 0 Å². The largest absolute Gasteiger partial charge is 0.462 e. The number of hydrogen-bond acceptors (Lipinski definition) is 4. The molecule has 0 aromatic heterocycles. The lowest BCUT2D eigenvalue weighted by atomic mass is 9.62. The Morgan fingerprint density at radius 3 is 2.67 bits per heavy atom. The summed E-state index contributed by atoms with van der Waals surface area (Å²) < 4.78 is 5.21. The first-order chi connectivity index (χ1) is 8.40. The van der Waals surface area contributed by atoms with Crippen LogP contribution in [0.15, 0.2) is 11.6 Å². The predicted octanol–water partition coefficient (Wildman–Crippen LogP) is 2.25. The second-order valence-electron chi connectivity index (χ2n) is 5.12. The molecule has 4 heteroatoms. The van der Waals surface area contributed by atoms with Crippen LogP contribution in [0.4, 0.5) is 0 Å². The monoisotopic (exact) mass is 249 g/mol. The summed E-state index contributed by atoms with van der Waals surface area (Å²) in [7, 11) is 0. The summed E-state index contributed by atoms with van der Waals surface area (Å²) in [5.41, 5.74) is -0.745. The van der Waals surface area contributed by atoms with Crippen molar-refractivity contribution in [3.05, 3.63) is 11.6 Å². The molecule has 0 N–H and O–H groups in total. The number of carbonyl (C=O) groups excluding carboxylic acids is 2. The summed E-state index contributed by atoms with van der Waals surface area (Å²) in [5.74, 6) is -1.12. The lowest BCUT2D eigenvalue weighted by Gasteiger charge is -2.39. The molecule has 0 aromatic carbocycles. The lowest BCUT2D eigenvalue weighted by molar-refractivity contribution is -0.161. The van der Waals surface area contributed by atoms with E-state index in [0.29, 0.717) is 12.0 Å². The van der Waals surface area contributed by atoms with Crippen LogP contribution >= 0.6 is 0 Å². The highest BCUT2D eigenvalue weighted by Gasteiger charge is 2.52. The van der Waals surface area contributed by atoms with Gasteiger partial charge in [0.05, 0.1) is 12.2 Å². The van der Waals surface area contributed by atoms with E-state index in [-0.39, 0.29) is 12.0 Å². The summed E-state index contributed by atoms with van der Waals surface area (Å²) in [6.07, 6.45) is 2.80. The average molecular weight is 249 g/mol. The number of nitriles is 1. The third kappa shape index (κ3) is 2.17. The summed E-state index contributed by atoms with van der Waals surface area (Å²) in [6, 6.07) is 2.11. The second kappa shape index (κ2) is 5.34. The van der Waals surface area contributed by atoms with Crippen molar-refractivity contribution < 1.29 is 14.3 Å². The summed E-state index contributed by atoms with van der Waals surface area (Å²) >= 11 is 0. The maximum atomic E-state index is 12.3. The minimum absolute atomic E-state index is 0.160. The molecular weight excluding hydrogens is 230 g/mol. The van der Waals surface area contributed by atoms with Crippen LogP contribution in [-0.4, -0.2) is 18.4 Å². The van der Waals surface area contributed by atoms with E-state index in [1.807, 2.05) is 6.92 Å². The van der Waals surface area contributed by atoms with E-state index in [2.05, 4.69) is 6.07 Å². The van der Waals surface area contributed by atoms with Crippen molar-refractivity contribution >= 4 is 12.3 Å². The minimum atomic E-state index is -1.25. The van der Waals surface area contributed by atoms with Crippen LogP contribution in [0.5, 0.6) is 0 Å². The number of nitrogens with zero attached hydrogens (tertiary/aromatic N) is 1. The first-order valence-electron chi connectivity index (χ1n) is 6.17. The molecule has 0 aliphatic heterocycles. The molecular formula is C14H19NO3. The number of ether oxygens (including phenoxy) is 1. The van der Waals surface area contributed by atoms with Crippen molar-refractivity contribution in [3.8, 4) is 6.07 Å². The zero-order valence-electron chi connectivity index (χ0n) is 11.3. The van der Waals surface area contributed by atoms with E-state index in [0.717, 1.165) is 6.29 Å². The molecule has 0 saturated heterocycles. The van der Waals surface area contributed by atoms with E-state index >= 15 is 0 Å². The van der Waals surface area contributed by atoms with Crippen LogP contribution < -0.4 is 0 Å². The molecule has 98 valence electrons.